The van der Waals surface area contributed by atoms with Gasteiger partial charge < -0.3 is 39.0 Å². The Morgan fingerprint density at radius 2 is 0.915 bits per heavy atom. The molecule has 1 aliphatic rings. The summed E-state index contributed by atoms with van der Waals surface area (Å²) in [6.45, 7) is 5.62. The largest absolute Gasteiger partial charge is 0.479 e. The third-order valence-corrected chi connectivity index (χ3v) is 11.3. The Hall–Kier alpha value is -4.62. The van der Waals surface area contributed by atoms with Crippen molar-refractivity contribution in [3.63, 3.8) is 0 Å². The highest BCUT2D eigenvalue weighted by atomic mass is 16.7. The molecule has 1 heterocycles. The standard InChI is InChI=1S/C59H92O12/c1-4-7-10-13-16-19-22-25-26-29-30-33-36-39-42-45-51(60)67-48-50(69-52(61)46-43-40-37-34-31-27-23-20-17-14-11-8-5-2)49-68-59-57(55(64)54(63)56(71-59)58(65)66)70-53(62)47-44-41-38-35-32-28-24-21-18-15-12-9-6-3/h8-9,11-12,16-21,25-28,31-32,38,41,50,54-57,59,63-64H,4-7,10,13-15,22-24,29-30,33-37,39-40,42-49H2,1-3H3,(H,65,66)/b11-8-,12-9-,19-16-,20-17-,21-18-,26-25-,31-27-,32-28-,41-38-. The Bertz CT molecular complexity index is 1650. The SMILES string of the molecule is CC/C=C\C/C=C\C/C=C\C/C=C\CCC(=O)OC1C(OCC(COC(=O)CCCCCCC/C=C\C/C=C\CCCCC)OC(=O)CCCCC/C=C\C/C=C\C/C=C\CC)OC(C(=O)O)C(O)C1O. The van der Waals surface area contributed by atoms with Crippen molar-refractivity contribution in [3.8, 4) is 0 Å². The second kappa shape index (κ2) is 46.5. The summed E-state index contributed by atoms with van der Waals surface area (Å²) in [7, 11) is 0. The molecule has 0 spiro atoms. The number of esters is 3. The second-order valence-corrected chi connectivity index (χ2v) is 17.7. The van der Waals surface area contributed by atoms with E-state index in [1.54, 1.807) is 0 Å². The van der Waals surface area contributed by atoms with Gasteiger partial charge in [-0.05, 0) is 109 Å². The van der Waals surface area contributed by atoms with E-state index < -0.39 is 67.3 Å². The third-order valence-electron chi connectivity index (χ3n) is 11.3. The van der Waals surface area contributed by atoms with E-state index >= 15 is 0 Å². The van der Waals surface area contributed by atoms with Crippen LogP contribution in [0.5, 0.6) is 0 Å². The summed E-state index contributed by atoms with van der Waals surface area (Å²) in [6.07, 6.45) is 49.5. The predicted molar refractivity (Wildman–Crippen MR) is 284 cm³/mol. The van der Waals surface area contributed by atoms with Crippen molar-refractivity contribution in [3.05, 3.63) is 109 Å². The van der Waals surface area contributed by atoms with Crippen molar-refractivity contribution in [2.24, 2.45) is 0 Å². The maximum absolute atomic E-state index is 13.1. The summed E-state index contributed by atoms with van der Waals surface area (Å²) in [6, 6.07) is 0. The molecule has 6 atom stereocenters. The van der Waals surface area contributed by atoms with E-state index in [1.165, 1.54) is 19.3 Å². The second-order valence-electron chi connectivity index (χ2n) is 17.7. The molecule has 1 fully saturated rings. The van der Waals surface area contributed by atoms with Crippen LogP contribution in [0.4, 0.5) is 0 Å². The van der Waals surface area contributed by atoms with E-state index in [9.17, 15) is 34.5 Å². The molecule has 0 aromatic carbocycles. The van der Waals surface area contributed by atoms with Crippen LogP contribution in [-0.4, -0.2) is 89.2 Å². The van der Waals surface area contributed by atoms with Gasteiger partial charge in [-0.3, -0.25) is 14.4 Å². The molecule has 71 heavy (non-hydrogen) atoms. The number of allylic oxidation sites excluding steroid dienone is 18. The average Bonchev–Trinajstić information content (AvgIpc) is 3.35. The topological polar surface area (TPSA) is 175 Å². The van der Waals surface area contributed by atoms with E-state index in [2.05, 4.69) is 112 Å². The van der Waals surface area contributed by atoms with Gasteiger partial charge in [-0.2, -0.15) is 0 Å². The Kier molecular flexibility index (Phi) is 42.1. The Morgan fingerprint density at radius 1 is 0.479 bits per heavy atom. The Labute approximate surface area is 427 Å². The molecule has 0 aliphatic carbocycles. The van der Waals surface area contributed by atoms with Crippen LogP contribution < -0.4 is 0 Å². The van der Waals surface area contributed by atoms with Gasteiger partial charge in [0.2, 0.25) is 0 Å². The number of aliphatic hydroxyl groups is 2. The normalized spacial score (nSPS) is 19.4. The highest BCUT2D eigenvalue weighted by molar-refractivity contribution is 5.74. The molecule has 6 unspecified atom stereocenters. The van der Waals surface area contributed by atoms with Crippen LogP contribution >= 0.6 is 0 Å². The van der Waals surface area contributed by atoms with Crippen molar-refractivity contribution in [2.75, 3.05) is 13.2 Å². The first-order valence-corrected chi connectivity index (χ1v) is 26.9. The van der Waals surface area contributed by atoms with Gasteiger partial charge in [0, 0.05) is 19.3 Å². The van der Waals surface area contributed by atoms with Crippen LogP contribution in [0, 0.1) is 0 Å². The number of carbonyl (C=O) groups excluding carboxylic acids is 3. The molecule has 400 valence electrons. The van der Waals surface area contributed by atoms with Crippen molar-refractivity contribution >= 4 is 23.9 Å². The van der Waals surface area contributed by atoms with Gasteiger partial charge in [-0.15, -0.1) is 0 Å². The number of hydrogen-bond donors (Lipinski definition) is 3. The summed E-state index contributed by atoms with van der Waals surface area (Å²) in [5.74, 6) is -3.31. The molecule has 0 aromatic heterocycles. The lowest BCUT2D eigenvalue weighted by molar-refractivity contribution is -0.301. The number of aliphatic hydroxyl groups excluding tert-OH is 2. The number of ether oxygens (including phenoxy) is 5. The number of hydrogen-bond acceptors (Lipinski definition) is 11. The van der Waals surface area contributed by atoms with Gasteiger partial charge in [0.05, 0.1) is 6.61 Å². The lowest BCUT2D eigenvalue weighted by Gasteiger charge is -2.40. The monoisotopic (exact) mass is 993 g/mol. The van der Waals surface area contributed by atoms with Crippen molar-refractivity contribution < 1.29 is 58.2 Å². The smallest absolute Gasteiger partial charge is 0.335 e. The fourth-order valence-corrected chi connectivity index (χ4v) is 7.25. The number of carboxylic acids is 1. The van der Waals surface area contributed by atoms with E-state index in [0.717, 1.165) is 103 Å². The Morgan fingerprint density at radius 3 is 1.42 bits per heavy atom. The van der Waals surface area contributed by atoms with Crippen molar-refractivity contribution in [2.45, 2.75) is 225 Å². The van der Waals surface area contributed by atoms with Crippen LogP contribution in [-0.2, 0) is 42.9 Å². The molecular weight excluding hydrogens is 901 g/mol. The summed E-state index contributed by atoms with van der Waals surface area (Å²) >= 11 is 0. The van der Waals surface area contributed by atoms with Crippen LogP contribution in [0.25, 0.3) is 0 Å². The van der Waals surface area contributed by atoms with E-state index in [4.69, 9.17) is 23.7 Å². The molecule has 0 radical (unpaired) electrons. The van der Waals surface area contributed by atoms with Gasteiger partial charge in [-0.25, -0.2) is 4.79 Å². The van der Waals surface area contributed by atoms with Crippen LogP contribution in [0.1, 0.15) is 188 Å². The fraction of sp³-hybridized carbons (Fsp3) is 0.627. The molecule has 12 heteroatoms. The van der Waals surface area contributed by atoms with Gasteiger partial charge in [0.25, 0.3) is 0 Å². The van der Waals surface area contributed by atoms with Crippen LogP contribution in [0.2, 0.25) is 0 Å². The quantitative estimate of drug-likeness (QED) is 0.0229. The zero-order valence-corrected chi connectivity index (χ0v) is 43.7. The third kappa shape index (κ3) is 36.9. The summed E-state index contributed by atoms with van der Waals surface area (Å²) < 4.78 is 28.2. The number of carbonyl (C=O) groups is 4. The van der Waals surface area contributed by atoms with Crippen molar-refractivity contribution in [1.29, 1.82) is 0 Å². The molecule has 12 nitrogen and oxygen atoms in total. The first kappa shape index (κ1) is 64.4. The van der Waals surface area contributed by atoms with Crippen molar-refractivity contribution in [1.82, 2.24) is 0 Å². The Balaban J connectivity index is 2.80. The molecule has 1 aliphatic heterocycles. The highest BCUT2D eigenvalue weighted by Gasteiger charge is 2.50. The summed E-state index contributed by atoms with van der Waals surface area (Å²) in [4.78, 5) is 50.9. The molecular formula is C59H92O12. The number of unbranched alkanes of at least 4 members (excludes halogenated alkanes) is 11. The van der Waals surface area contributed by atoms with Gasteiger partial charge in [0.1, 0.15) is 18.8 Å². The van der Waals surface area contributed by atoms with Gasteiger partial charge in [0.15, 0.2) is 24.6 Å². The fourth-order valence-electron chi connectivity index (χ4n) is 7.25. The van der Waals surface area contributed by atoms with Crippen LogP contribution in [0.3, 0.4) is 0 Å². The zero-order valence-electron chi connectivity index (χ0n) is 43.7. The molecule has 0 bridgehead atoms. The maximum atomic E-state index is 13.1. The number of carboxylic acid groups (broad SMARTS) is 1. The van der Waals surface area contributed by atoms with E-state index in [-0.39, 0.29) is 25.9 Å². The molecule has 0 saturated carbocycles. The minimum absolute atomic E-state index is 0.0711. The molecule has 1 saturated heterocycles. The number of rotatable bonds is 43. The molecule has 0 aromatic rings. The average molecular weight is 993 g/mol. The molecule has 3 N–H and O–H groups in total. The number of aliphatic carboxylic acids is 1. The minimum atomic E-state index is -1.94. The summed E-state index contributed by atoms with van der Waals surface area (Å²) in [5.41, 5.74) is 0. The highest BCUT2D eigenvalue weighted by Crippen LogP contribution is 2.26. The first-order chi connectivity index (χ1) is 34.6. The van der Waals surface area contributed by atoms with E-state index in [0.29, 0.717) is 25.7 Å². The lowest BCUT2D eigenvalue weighted by atomic mass is 9.98. The zero-order chi connectivity index (χ0) is 51.8. The maximum Gasteiger partial charge on any atom is 0.335 e. The minimum Gasteiger partial charge on any atom is -0.479 e. The first-order valence-electron chi connectivity index (χ1n) is 26.9. The predicted octanol–water partition coefficient (Wildman–Crippen LogP) is 13.1. The molecule has 1 rings (SSSR count). The summed E-state index contributed by atoms with van der Waals surface area (Å²) in [5, 5.41) is 31.3. The van der Waals surface area contributed by atoms with E-state index in [1.807, 2.05) is 18.2 Å². The molecule has 0 amide bonds. The van der Waals surface area contributed by atoms with Gasteiger partial charge >= 0.3 is 23.9 Å². The van der Waals surface area contributed by atoms with Crippen LogP contribution in [0.15, 0.2) is 109 Å². The lowest BCUT2D eigenvalue weighted by Crippen LogP contribution is -2.61. The van der Waals surface area contributed by atoms with Gasteiger partial charge in [-0.1, -0.05) is 169 Å².